The van der Waals surface area contributed by atoms with Crippen LogP contribution in [0.25, 0.3) is 16.9 Å². The molecule has 98 valence electrons. The Balaban J connectivity index is 2.30. The van der Waals surface area contributed by atoms with E-state index in [-0.39, 0.29) is 6.42 Å². The molecular formula is C15H13N5. The van der Waals surface area contributed by atoms with Crippen LogP contribution in [0.3, 0.4) is 0 Å². The molecular weight excluding hydrogens is 250 g/mol. The van der Waals surface area contributed by atoms with Gasteiger partial charge in [0.25, 0.3) is 0 Å². The van der Waals surface area contributed by atoms with Crippen molar-refractivity contribution in [2.75, 3.05) is 5.73 Å². The molecule has 0 unspecified atom stereocenters. The van der Waals surface area contributed by atoms with Crippen LogP contribution in [-0.2, 0) is 6.42 Å². The molecule has 0 bridgehead atoms. The summed E-state index contributed by atoms with van der Waals surface area (Å²) in [6.07, 6.45) is 1.87. The molecule has 3 aromatic rings. The number of aromatic nitrogens is 3. The maximum absolute atomic E-state index is 8.97. The Morgan fingerprint density at radius 1 is 1.35 bits per heavy atom. The minimum absolute atomic E-state index is 0.236. The van der Waals surface area contributed by atoms with Gasteiger partial charge in [0.2, 0.25) is 0 Å². The molecule has 0 atom stereocenters. The second-order valence-corrected chi connectivity index (χ2v) is 4.59. The molecule has 0 spiro atoms. The Bertz CT molecular complexity index is 826. The zero-order chi connectivity index (χ0) is 14.1. The average molecular weight is 263 g/mol. The number of fused-ring (bicyclic) bond motifs is 1. The number of nitrogens with two attached hydrogens (primary N) is 1. The topological polar surface area (TPSA) is 80.5 Å². The SMILES string of the molecule is Cc1cc(-n2c(CC#N)nc3ccccc32)ncc1N. The maximum atomic E-state index is 8.97. The van der Waals surface area contributed by atoms with Crippen LogP contribution >= 0.6 is 0 Å². The number of aryl methyl sites for hydroxylation is 1. The van der Waals surface area contributed by atoms with Gasteiger partial charge in [-0.1, -0.05) is 12.1 Å². The highest BCUT2D eigenvalue weighted by Crippen LogP contribution is 2.22. The fraction of sp³-hybridized carbons (Fsp3) is 0.133. The van der Waals surface area contributed by atoms with Gasteiger partial charge in [-0.25, -0.2) is 9.97 Å². The predicted molar refractivity (Wildman–Crippen MR) is 77.3 cm³/mol. The lowest BCUT2D eigenvalue weighted by Gasteiger charge is -2.08. The van der Waals surface area contributed by atoms with Crippen LogP contribution in [-0.4, -0.2) is 14.5 Å². The normalized spacial score (nSPS) is 10.6. The molecule has 3 rings (SSSR count). The molecule has 5 nitrogen and oxygen atoms in total. The third kappa shape index (κ3) is 1.88. The van der Waals surface area contributed by atoms with Crippen molar-refractivity contribution in [2.24, 2.45) is 0 Å². The zero-order valence-corrected chi connectivity index (χ0v) is 11.0. The summed E-state index contributed by atoms with van der Waals surface area (Å²) in [6, 6.07) is 11.8. The highest BCUT2D eigenvalue weighted by molar-refractivity contribution is 5.78. The number of rotatable bonds is 2. The average Bonchev–Trinajstić information content (AvgIpc) is 2.80. The number of pyridine rings is 1. The quantitative estimate of drug-likeness (QED) is 0.769. The number of para-hydroxylation sites is 2. The molecule has 0 saturated carbocycles. The molecule has 0 saturated heterocycles. The van der Waals surface area contributed by atoms with Crippen LogP contribution in [0, 0.1) is 18.3 Å². The Hall–Kier alpha value is -2.87. The number of anilines is 1. The van der Waals surface area contributed by atoms with E-state index in [4.69, 9.17) is 11.0 Å². The number of hydrogen-bond acceptors (Lipinski definition) is 4. The fourth-order valence-corrected chi connectivity index (χ4v) is 2.19. The molecule has 0 fully saturated rings. The van der Waals surface area contributed by atoms with Gasteiger partial charge in [-0.05, 0) is 30.7 Å². The second-order valence-electron chi connectivity index (χ2n) is 4.59. The van der Waals surface area contributed by atoms with Gasteiger partial charge >= 0.3 is 0 Å². The summed E-state index contributed by atoms with van der Waals surface area (Å²) in [7, 11) is 0. The van der Waals surface area contributed by atoms with Crippen LogP contribution < -0.4 is 5.73 Å². The van der Waals surface area contributed by atoms with Gasteiger partial charge in [0.05, 0.1) is 35.4 Å². The van der Waals surface area contributed by atoms with E-state index in [1.807, 2.05) is 41.8 Å². The summed E-state index contributed by atoms with van der Waals surface area (Å²) in [6.45, 7) is 1.93. The van der Waals surface area contributed by atoms with Crippen molar-refractivity contribution in [1.29, 1.82) is 5.26 Å². The molecule has 2 heterocycles. The van der Waals surface area contributed by atoms with E-state index < -0.39 is 0 Å². The molecule has 1 aromatic carbocycles. The lowest BCUT2D eigenvalue weighted by molar-refractivity contribution is 0.920. The Kier molecular flexibility index (Phi) is 2.84. The van der Waals surface area contributed by atoms with E-state index in [9.17, 15) is 0 Å². The van der Waals surface area contributed by atoms with Crippen LogP contribution in [0.5, 0.6) is 0 Å². The highest BCUT2D eigenvalue weighted by Gasteiger charge is 2.13. The van der Waals surface area contributed by atoms with E-state index >= 15 is 0 Å². The Morgan fingerprint density at radius 3 is 2.90 bits per heavy atom. The standard InChI is InChI=1S/C15H13N5/c1-10-8-15(18-9-11(10)17)20-13-5-3-2-4-12(13)19-14(20)6-7-16/h2-5,8-9H,6,17H2,1H3. The van der Waals surface area contributed by atoms with Gasteiger partial charge in [0.15, 0.2) is 0 Å². The van der Waals surface area contributed by atoms with Crippen molar-refractivity contribution < 1.29 is 0 Å². The molecule has 2 N–H and O–H groups in total. The molecule has 0 aliphatic carbocycles. The number of nitrogen functional groups attached to an aromatic ring is 1. The van der Waals surface area contributed by atoms with E-state index in [0.29, 0.717) is 11.5 Å². The number of nitriles is 1. The van der Waals surface area contributed by atoms with Crippen LogP contribution in [0.2, 0.25) is 0 Å². The third-order valence-corrected chi connectivity index (χ3v) is 3.23. The van der Waals surface area contributed by atoms with Crippen molar-refractivity contribution in [3.63, 3.8) is 0 Å². The molecule has 0 aliphatic heterocycles. The molecule has 5 heteroatoms. The van der Waals surface area contributed by atoms with Crippen molar-refractivity contribution in [3.05, 3.63) is 47.9 Å². The third-order valence-electron chi connectivity index (χ3n) is 3.23. The smallest absolute Gasteiger partial charge is 0.138 e. The fourth-order valence-electron chi connectivity index (χ4n) is 2.19. The van der Waals surface area contributed by atoms with Gasteiger partial charge < -0.3 is 5.73 Å². The minimum Gasteiger partial charge on any atom is -0.397 e. The summed E-state index contributed by atoms with van der Waals surface area (Å²) in [5, 5.41) is 8.97. The minimum atomic E-state index is 0.236. The van der Waals surface area contributed by atoms with Crippen molar-refractivity contribution in [1.82, 2.24) is 14.5 Å². The van der Waals surface area contributed by atoms with Crippen molar-refractivity contribution >= 4 is 16.7 Å². The van der Waals surface area contributed by atoms with E-state index in [2.05, 4.69) is 16.0 Å². The number of nitrogens with zero attached hydrogens (tertiary/aromatic N) is 4. The molecule has 20 heavy (non-hydrogen) atoms. The summed E-state index contributed by atoms with van der Waals surface area (Å²) in [4.78, 5) is 8.86. The molecule has 0 radical (unpaired) electrons. The van der Waals surface area contributed by atoms with Crippen LogP contribution in [0.4, 0.5) is 5.69 Å². The number of imidazole rings is 1. The summed E-state index contributed by atoms with van der Waals surface area (Å²) >= 11 is 0. The Morgan fingerprint density at radius 2 is 2.15 bits per heavy atom. The predicted octanol–water partition coefficient (Wildman–Crippen LogP) is 2.38. The van der Waals surface area contributed by atoms with E-state index in [1.165, 1.54) is 0 Å². The number of benzene rings is 1. The van der Waals surface area contributed by atoms with E-state index in [0.717, 1.165) is 22.4 Å². The van der Waals surface area contributed by atoms with Crippen molar-refractivity contribution in [2.45, 2.75) is 13.3 Å². The largest absolute Gasteiger partial charge is 0.397 e. The first-order valence-corrected chi connectivity index (χ1v) is 6.26. The first kappa shape index (κ1) is 12.2. The molecule has 2 aromatic heterocycles. The molecule has 0 amide bonds. The zero-order valence-electron chi connectivity index (χ0n) is 11.0. The van der Waals surface area contributed by atoms with E-state index in [1.54, 1.807) is 6.20 Å². The van der Waals surface area contributed by atoms with Gasteiger partial charge in [-0.2, -0.15) is 5.26 Å². The Labute approximate surface area is 116 Å². The van der Waals surface area contributed by atoms with Gasteiger partial charge in [0.1, 0.15) is 11.6 Å². The second kappa shape index (κ2) is 4.67. The van der Waals surface area contributed by atoms with Gasteiger partial charge in [-0.15, -0.1) is 0 Å². The summed E-state index contributed by atoms with van der Waals surface area (Å²) in [5.41, 5.74) is 9.21. The van der Waals surface area contributed by atoms with Crippen molar-refractivity contribution in [3.8, 4) is 11.9 Å². The van der Waals surface area contributed by atoms with Crippen LogP contribution in [0.1, 0.15) is 11.4 Å². The lowest BCUT2D eigenvalue weighted by Crippen LogP contribution is -2.04. The molecule has 0 aliphatic rings. The highest BCUT2D eigenvalue weighted by atomic mass is 15.1. The lowest BCUT2D eigenvalue weighted by atomic mass is 10.2. The monoisotopic (exact) mass is 263 g/mol. The van der Waals surface area contributed by atoms with Gasteiger partial charge in [-0.3, -0.25) is 4.57 Å². The first-order valence-electron chi connectivity index (χ1n) is 6.26. The van der Waals surface area contributed by atoms with Crippen LogP contribution in [0.15, 0.2) is 36.5 Å². The summed E-state index contributed by atoms with van der Waals surface area (Å²) in [5.74, 6) is 1.42. The summed E-state index contributed by atoms with van der Waals surface area (Å²) < 4.78 is 1.91. The number of hydrogen-bond donors (Lipinski definition) is 1. The first-order chi connectivity index (χ1) is 9.70. The van der Waals surface area contributed by atoms with Gasteiger partial charge in [0, 0.05) is 0 Å². The maximum Gasteiger partial charge on any atom is 0.138 e.